The first-order valence-corrected chi connectivity index (χ1v) is 10.2. The van der Waals surface area contributed by atoms with Crippen LogP contribution in [0.4, 0.5) is 19.0 Å². The molecule has 168 valence electrons. The van der Waals surface area contributed by atoms with Crippen molar-refractivity contribution >= 4 is 17.4 Å². The summed E-state index contributed by atoms with van der Waals surface area (Å²) in [7, 11) is 0. The van der Waals surface area contributed by atoms with Gasteiger partial charge >= 0.3 is 6.18 Å². The number of hydrogen-bond acceptors (Lipinski definition) is 6. The molecule has 0 saturated carbocycles. The number of aromatic nitrogens is 4. The summed E-state index contributed by atoms with van der Waals surface area (Å²) in [6, 6.07) is 13.3. The van der Waals surface area contributed by atoms with Crippen molar-refractivity contribution in [3.63, 3.8) is 0 Å². The number of anilines is 1. The van der Waals surface area contributed by atoms with Crippen LogP contribution in [0.15, 0.2) is 67.1 Å². The SMILES string of the molecule is Cc1nc(NNCc2ccc(C(F)(F)F)nc2)c(-c2ccncc2)c(-c2ccc(Cl)cc2)n1. The van der Waals surface area contributed by atoms with Gasteiger partial charge in [-0.25, -0.2) is 15.4 Å². The minimum Gasteiger partial charge on any atom is -0.305 e. The lowest BCUT2D eigenvalue weighted by atomic mass is 10.0. The number of halogens is 4. The summed E-state index contributed by atoms with van der Waals surface area (Å²) in [6.07, 6.45) is 0.0592. The van der Waals surface area contributed by atoms with Crippen molar-refractivity contribution in [3.8, 4) is 22.4 Å². The Hall–Kier alpha value is -3.56. The van der Waals surface area contributed by atoms with E-state index in [2.05, 4.69) is 30.8 Å². The smallest absolute Gasteiger partial charge is 0.305 e. The molecule has 6 nitrogen and oxygen atoms in total. The highest BCUT2D eigenvalue weighted by Crippen LogP contribution is 2.35. The number of nitrogens with one attached hydrogen (secondary N) is 2. The van der Waals surface area contributed by atoms with E-state index in [0.29, 0.717) is 27.9 Å². The lowest BCUT2D eigenvalue weighted by Crippen LogP contribution is -2.23. The number of nitrogens with zero attached hydrogens (tertiary/aromatic N) is 4. The molecule has 0 aliphatic carbocycles. The quantitative estimate of drug-likeness (QED) is 0.352. The van der Waals surface area contributed by atoms with Crippen LogP contribution < -0.4 is 10.9 Å². The predicted octanol–water partition coefficient (Wildman–Crippen LogP) is 5.70. The largest absolute Gasteiger partial charge is 0.433 e. The molecule has 0 spiro atoms. The van der Waals surface area contributed by atoms with Gasteiger partial charge in [-0.15, -0.1) is 0 Å². The Bertz CT molecular complexity index is 1230. The second-order valence-electron chi connectivity index (χ2n) is 7.11. The maximum atomic E-state index is 12.7. The predicted molar refractivity (Wildman–Crippen MR) is 120 cm³/mol. The van der Waals surface area contributed by atoms with E-state index in [1.54, 1.807) is 31.5 Å². The molecule has 0 aliphatic rings. The Morgan fingerprint density at radius 3 is 2.27 bits per heavy atom. The lowest BCUT2D eigenvalue weighted by molar-refractivity contribution is -0.141. The summed E-state index contributed by atoms with van der Waals surface area (Å²) in [4.78, 5) is 16.7. The number of hydrazine groups is 1. The van der Waals surface area contributed by atoms with Gasteiger partial charge < -0.3 is 5.43 Å². The van der Waals surface area contributed by atoms with E-state index in [1.807, 2.05) is 24.3 Å². The molecule has 0 saturated heterocycles. The second kappa shape index (κ2) is 9.51. The summed E-state index contributed by atoms with van der Waals surface area (Å²) in [5.74, 6) is 1.05. The highest BCUT2D eigenvalue weighted by Gasteiger charge is 2.32. The number of hydrogen-bond donors (Lipinski definition) is 2. The van der Waals surface area contributed by atoms with Gasteiger partial charge in [0.25, 0.3) is 0 Å². The maximum Gasteiger partial charge on any atom is 0.433 e. The average Bonchev–Trinajstić information content (AvgIpc) is 2.79. The maximum absolute atomic E-state index is 12.7. The molecule has 3 heterocycles. The molecule has 3 aromatic heterocycles. The minimum absolute atomic E-state index is 0.222. The number of benzene rings is 1. The molecule has 0 fully saturated rings. The van der Waals surface area contributed by atoms with E-state index >= 15 is 0 Å². The number of rotatable bonds is 6. The molecule has 0 bridgehead atoms. The fourth-order valence-corrected chi connectivity index (χ4v) is 3.32. The van der Waals surface area contributed by atoms with Crippen molar-refractivity contribution in [2.24, 2.45) is 0 Å². The second-order valence-corrected chi connectivity index (χ2v) is 7.55. The Morgan fingerprint density at radius 1 is 0.909 bits per heavy atom. The van der Waals surface area contributed by atoms with Crippen LogP contribution in [0.25, 0.3) is 22.4 Å². The van der Waals surface area contributed by atoms with Crippen molar-refractivity contribution in [3.05, 3.63) is 89.2 Å². The molecular weight excluding hydrogens is 453 g/mol. The fourth-order valence-electron chi connectivity index (χ4n) is 3.20. The van der Waals surface area contributed by atoms with Crippen LogP contribution in [0.5, 0.6) is 0 Å². The van der Waals surface area contributed by atoms with E-state index < -0.39 is 11.9 Å². The van der Waals surface area contributed by atoms with Gasteiger partial charge in [0.2, 0.25) is 0 Å². The number of alkyl halides is 3. The zero-order valence-electron chi connectivity index (χ0n) is 17.4. The van der Waals surface area contributed by atoms with Crippen LogP contribution in [0.1, 0.15) is 17.1 Å². The Balaban J connectivity index is 1.64. The van der Waals surface area contributed by atoms with Gasteiger partial charge in [0.1, 0.15) is 11.5 Å². The Kier molecular flexibility index (Phi) is 6.52. The summed E-state index contributed by atoms with van der Waals surface area (Å²) in [5, 5.41) is 0.611. The Morgan fingerprint density at radius 2 is 1.64 bits per heavy atom. The third-order valence-corrected chi connectivity index (χ3v) is 4.97. The van der Waals surface area contributed by atoms with Crippen molar-refractivity contribution in [1.82, 2.24) is 25.4 Å². The molecule has 1 aromatic carbocycles. The molecule has 2 N–H and O–H groups in total. The molecule has 0 unspecified atom stereocenters. The highest BCUT2D eigenvalue weighted by atomic mass is 35.5. The zero-order valence-corrected chi connectivity index (χ0v) is 18.1. The molecule has 33 heavy (non-hydrogen) atoms. The van der Waals surface area contributed by atoms with Crippen molar-refractivity contribution in [2.45, 2.75) is 19.6 Å². The third kappa shape index (κ3) is 5.44. The van der Waals surface area contributed by atoms with E-state index in [0.717, 1.165) is 22.8 Å². The standard InChI is InChI=1S/C23H18ClF3N6/c1-14-31-21(17-3-5-18(24)6-4-17)20(16-8-10-28-11-9-16)22(32-14)33-30-13-15-2-7-19(29-12-15)23(25,26)27/h2-12,30H,13H2,1H3,(H,31,32,33). The first-order valence-electron chi connectivity index (χ1n) is 9.87. The van der Waals surface area contributed by atoms with E-state index in [1.165, 1.54) is 12.3 Å². The highest BCUT2D eigenvalue weighted by molar-refractivity contribution is 6.30. The molecular formula is C23H18ClF3N6. The summed E-state index contributed by atoms with van der Waals surface area (Å²) in [5.41, 5.74) is 8.85. The normalized spacial score (nSPS) is 11.4. The monoisotopic (exact) mass is 470 g/mol. The topological polar surface area (TPSA) is 75.6 Å². The summed E-state index contributed by atoms with van der Waals surface area (Å²) in [6.45, 7) is 2.00. The van der Waals surface area contributed by atoms with E-state index in [4.69, 9.17) is 11.6 Å². The molecule has 0 amide bonds. The van der Waals surface area contributed by atoms with Gasteiger partial charge in [-0.1, -0.05) is 29.8 Å². The van der Waals surface area contributed by atoms with Gasteiger partial charge in [0.15, 0.2) is 5.82 Å². The molecule has 0 aliphatic heterocycles. The fraction of sp³-hybridized carbons (Fsp3) is 0.130. The van der Waals surface area contributed by atoms with Crippen molar-refractivity contribution < 1.29 is 13.2 Å². The first kappa shape index (κ1) is 22.6. The van der Waals surface area contributed by atoms with Crippen LogP contribution >= 0.6 is 11.6 Å². The van der Waals surface area contributed by atoms with Gasteiger partial charge in [-0.2, -0.15) is 13.2 Å². The molecule has 0 radical (unpaired) electrons. The molecule has 10 heteroatoms. The molecule has 0 atom stereocenters. The van der Waals surface area contributed by atoms with Crippen LogP contribution in [-0.2, 0) is 12.7 Å². The average molecular weight is 471 g/mol. The lowest BCUT2D eigenvalue weighted by Gasteiger charge is -2.17. The summed E-state index contributed by atoms with van der Waals surface area (Å²) < 4.78 is 38.2. The first-order chi connectivity index (χ1) is 15.8. The van der Waals surface area contributed by atoms with E-state index in [9.17, 15) is 13.2 Å². The van der Waals surface area contributed by atoms with Crippen molar-refractivity contribution in [2.75, 3.05) is 5.43 Å². The number of pyridine rings is 2. The van der Waals surface area contributed by atoms with Crippen LogP contribution in [0, 0.1) is 6.92 Å². The van der Waals surface area contributed by atoms with Gasteiger partial charge in [-0.3, -0.25) is 9.97 Å². The molecule has 4 rings (SSSR count). The minimum atomic E-state index is -4.47. The van der Waals surface area contributed by atoms with E-state index in [-0.39, 0.29) is 6.54 Å². The number of aryl methyl sites for hydroxylation is 1. The zero-order chi connectivity index (χ0) is 23.4. The van der Waals surface area contributed by atoms with Crippen LogP contribution in [0.2, 0.25) is 5.02 Å². The Labute approximate surface area is 192 Å². The molecule has 4 aromatic rings. The van der Waals surface area contributed by atoms with Gasteiger partial charge in [-0.05, 0) is 48.4 Å². The summed E-state index contributed by atoms with van der Waals surface area (Å²) >= 11 is 6.05. The third-order valence-electron chi connectivity index (χ3n) is 4.72. The van der Waals surface area contributed by atoms with Crippen molar-refractivity contribution in [1.29, 1.82) is 0 Å². The van der Waals surface area contributed by atoms with Gasteiger partial charge in [0.05, 0.1) is 11.3 Å². The van der Waals surface area contributed by atoms with Crippen LogP contribution in [-0.4, -0.2) is 19.9 Å². The van der Waals surface area contributed by atoms with Crippen LogP contribution in [0.3, 0.4) is 0 Å². The van der Waals surface area contributed by atoms with Gasteiger partial charge in [0, 0.05) is 35.7 Å².